The zero-order chi connectivity index (χ0) is 16.3. The lowest BCUT2D eigenvalue weighted by molar-refractivity contribution is -0.125. The average Bonchev–Trinajstić information content (AvgIpc) is 2.47. The molecule has 0 saturated heterocycles. The zero-order valence-electron chi connectivity index (χ0n) is 11.8. The Bertz CT molecular complexity index is 625. The normalized spacial score (nSPS) is 16.8. The summed E-state index contributed by atoms with van der Waals surface area (Å²) in [7, 11) is 0. The molecule has 0 aliphatic heterocycles. The summed E-state index contributed by atoms with van der Waals surface area (Å²) in [5.74, 6) is -1.14. The number of nitrogens with two attached hydrogens (primary N) is 1. The van der Waals surface area contributed by atoms with Crippen LogP contribution in [-0.2, 0) is 4.79 Å². The van der Waals surface area contributed by atoms with Gasteiger partial charge in [-0.3, -0.25) is 14.4 Å². The van der Waals surface area contributed by atoms with E-state index in [-0.39, 0.29) is 21.2 Å². The molecule has 0 unspecified atom stereocenters. The molecular weight excluding hydrogens is 327 g/mol. The second-order valence-corrected chi connectivity index (χ2v) is 6.27. The molecule has 0 spiro atoms. The van der Waals surface area contributed by atoms with Gasteiger partial charge in [-0.1, -0.05) is 42.5 Å². The minimum absolute atomic E-state index is 0.0405. The molecule has 0 atom stereocenters. The highest BCUT2D eigenvalue weighted by atomic mass is 35.5. The van der Waals surface area contributed by atoms with Crippen LogP contribution in [0.5, 0.6) is 0 Å². The van der Waals surface area contributed by atoms with Gasteiger partial charge in [-0.05, 0) is 25.0 Å². The molecule has 7 heteroatoms. The van der Waals surface area contributed by atoms with Crippen LogP contribution in [0.1, 0.15) is 52.8 Å². The Kier molecular flexibility index (Phi) is 5.08. The summed E-state index contributed by atoms with van der Waals surface area (Å²) < 4.78 is 0. The maximum atomic E-state index is 12.5. The minimum Gasteiger partial charge on any atom is -0.368 e. The fraction of sp³-hybridized carbons (Fsp3) is 0.400. The highest BCUT2D eigenvalue weighted by molar-refractivity contribution is 6.37. The van der Waals surface area contributed by atoms with Crippen LogP contribution in [0.4, 0.5) is 0 Å². The number of amides is 2. The third kappa shape index (κ3) is 3.25. The molecule has 1 saturated carbocycles. The van der Waals surface area contributed by atoms with Crippen LogP contribution in [0.25, 0.3) is 0 Å². The predicted octanol–water partition coefficient (Wildman–Crippen LogP) is 2.72. The minimum atomic E-state index is -1.08. The largest absolute Gasteiger partial charge is 0.368 e. The topological polar surface area (TPSA) is 89.3 Å². The van der Waals surface area contributed by atoms with Crippen molar-refractivity contribution in [2.24, 2.45) is 5.73 Å². The van der Waals surface area contributed by atoms with E-state index in [9.17, 15) is 14.4 Å². The van der Waals surface area contributed by atoms with Gasteiger partial charge in [0.1, 0.15) is 5.54 Å². The van der Waals surface area contributed by atoms with Crippen molar-refractivity contribution in [3.05, 3.63) is 33.3 Å². The van der Waals surface area contributed by atoms with Crippen LogP contribution in [-0.4, -0.2) is 23.6 Å². The fourth-order valence-corrected chi connectivity index (χ4v) is 3.30. The number of carbonyl (C=O) groups is 3. The first-order valence-corrected chi connectivity index (χ1v) is 7.72. The van der Waals surface area contributed by atoms with Crippen LogP contribution in [0.15, 0.2) is 12.1 Å². The van der Waals surface area contributed by atoms with Gasteiger partial charge in [0.05, 0.1) is 10.6 Å². The van der Waals surface area contributed by atoms with E-state index in [1.165, 1.54) is 12.1 Å². The Hall–Kier alpha value is -1.59. The third-order valence-electron chi connectivity index (χ3n) is 3.99. The van der Waals surface area contributed by atoms with Gasteiger partial charge in [-0.2, -0.15) is 0 Å². The summed E-state index contributed by atoms with van der Waals surface area (Å²) in [5, 5.41) is 3.01. The summed E-state index contributed by atoms with van der Waals surface area (Å²) >= 11 is 11.8. The van der Waals surface area contributed by atoms with Gasteiger partial charge in [-0.15, -0.1) is 0 Å². The monoisotopic (exact) mass is 342 g/mol. The molecule has 1 aliphatic rings. The molecule has 2 amide bonds. The highest BCUT2D eigenvalue weighted by Crippen LogP contribution is 2.30. The van der Waals surface area contributed by atoms with E-state index in [4.69, 9.17) is 28.9 Å². The zero-order valence-corrected chi connectivity index (χ0v) is 13.3. The molecule has 1 aliphatic carbocycles. The Morgan fingerprint density at radius 1 is 1.18 bits per heavy atom. The molecule has 2 rings (SSSR count). The van der Waals surface area contributed by atoms with Crippen molar-refractivity contribution < 1.29 is 14.4 Å². The van der Waals surface area contributed by atoms with Gasteiger partial charge in [-0.25, -0.2) is 0 Å². The molecule has 0 aromatic heterocycles. The Labute approximate surface area is 138 Å². The Morgan fingerprint density at radius 2 is 1.82 bits per heavy atom. The number of hydrogen-bond acceptors (Lipinski definition) is 3. The quantitative estimate of drug-likeness (QED) is 0.824. The van der Waals surface area contributed by atoms with Gasteiger partial charge in [0, 0.05) is 10.6 Å². The number of rotatable bonds is 4. The van der Waals surface area contributed by atoms with Gasteiger partial charge < -0.3 is 11.1 Å². The SMILES string of the molecule is NC(=O)C1(NC(=O)c2cc(Cl)cc(Cl)c2C=O)CCCCC1. The van der Waals surface area contributed by atoms with Crippen molar-refractivity contribution >= 4 is 41.3 Å². The van der Waals surface area contributed by atoms with E-state index in [1.807, 2.05) is 0 Å². The first kappa shape index (κ1) is 16.8. The lowest BCUT2D eigenvalue weighted by Gasteiger charge is -2.35. The van der Waals surface area contributed by atoms with E-state index in [0.717, 1.165) is 19.3 Å². The summed E-state index contributed by atoms with van der Waals surface area (Å²) in [6.07, 6.45) is 4.07. The molecule has 1 aromatic carbocycles. The summed E-state index contributed by atoms with van der Waals surface area (Å²) in [5.41, 5.74) is 4.49. The molecule has 0 radical (unpaired) electrons. The fourth-order valence-electron chi connectivity index (χ4n) is 2.77. The second-order valence-electron chi connectivity index (χ2n) is 5.43. The van der Waals surface area contributed by atoms with Gasteiger partial charge in [0.25, 0.3) is 5.91 Å². The molecule has 0 bridgehead atoms. The maximum absolute atomic E-state index is 12.5. The first-order valence-electron chi connectivity index (χ1n) is 6.96. The van der Waals surface area contributed by atoms with Crippen LogP contribution in [0, 0.1) is 0 Å². The second kappa shape index (κ2) is 6.67. The molecular formula is C15H16Cl2N2O3. The van der Waals surface area contributed by atoms with Crippen LogP contribution in [0.2, 0.25) is 10.0 Å². The van der Waals surface area contributed by atoms with Crippen molar-refractivity contribution in [1.82, 2.24) is 5.32 Å². The van der Waals surface area contributed by atoms with E-state index >= 15 is 0 Å². The van der Waals surface area contributed by atoms with Gasteiger partial charge >= 0.3 is 0 Å². The molecule has 3 N–H and O–H groups in total. The van der Waals surface area contributed by atoms with Crippen molar-refractivity contribution in [3.8, 4) is 0 Å². The molecule has 0 heterocycles. The lowest BCUT2D eigenvalue weighted by atomic mass is 9.81. The van der Waals surface area contributed by atoms with E-state index < -0.39 is 17.4 Å². The van der Waals surface area contributed by atoms with E-state index in [1.54, 1.807) is 0 Å². The van der Waals surface area contributed by atoms with Gasteiger partial charge in [0.2, 0.25) is 5.91 Å². The first-order chi connectivity index (χ1) is 10.4. The third-order valence-corrected chi connectivity index (χ3v) is 4.52. The number of primary amides is 1. The number of hydrogen-bond donors (Lipinski definition) is 2. The lowest BCUT2D eigenvalue weighted by Crippen LogP contribution is -2.58. The molecule has 118 valence electrons. The van der Waals surface area contributed by atoms with Crippen molar-refractivity contribution in [2.75, 3.05) is 0 Å². The number of benzene rings is 1. The highest BCUT2D eigenvalue weighted by Gasteiger charge is 2.39. The standard InChI is InChI=1S/C15H16Cl2N2O3/c16-9-6-10(11(8-20)12(17)7-9)13(21)19-15(14(18)22)4-2-1-3-5-15/h6-8H,1-5H2,(H2,18,22)(H,19,21). The molecule has 22 heavy (non-hydrogen) atoms. The van der Waals surface area contributed by atoms with Crippen LogP contribution >= 0.6 is 23.2 Å². The molecule has 1 fully saturated rings. The molecule has 1 aromatic rings. The van der Waals surface area contributed by atoms with E-state index in [2.05, 4.69) is 5.32 Å². The Morgan fingerprint density at radius 3 is 2.36 bits per heavy atom. The summed E-state index contributed by atoms with van der Waals surface area (Å²) in [6.45, 7) is 0. The van der Waals surface area contributed by atoms with E-state index in [0.29, 0.717) is 19.1 Å². The average molecular weight is 343 g/mol. The number of aldehydes is 1. The maximum Gasteiger partial charge on any atom is 0.252 e. The van der Waals surface area contributed by atoms with Gasteiger partial charge in [0.15, 0.2) is 6.29 Å². The number of carbonyl (C=O) groups excluding carboxylic acids is 3. The van der Waals surface area contributed by atoms with Crippen molar-refractivity contribution in [3.63, 3.8) is 0 Å². The summed E-state index contributed by atoms with van der Waals surface area (Å²) in [4.78, 5) is 35.5. The van der Waals surface area contributed by atoms with Crippen LogP contribution in [0.3, 0.4) is 0 Å². The van der Waals surface area contributed by atoms with Crippen molar-refractivity contribution in [1.29, 1.82) is 0 Å². The van der Waals surface area contributed by atoms with Crippen LogP contribution < -0.4 is 11.1 Å². The smallest absolute Gasteiger partial charge is 0.252 e. The number of nitrogens with one attached hydrogen (secondary N) is 1. The molecule has 5 nitrogen and oxygen atoms in total. The Balaban J connectivity index is 2.35. The predicted molar refractivity (Wildman–Crippen MR) is 84.3 cm³/mol. The summed E-state index contributed by atoms with van der Waals surface area (Å²) in [6, 6.07) is 2.73. The number of halogens is 2. The van der Waals surface area contributed by atoms with Crippen molar-refractivity contribution in [2.45, 2.75) is 37.6 Å².